The van der Waals surface area contributed by atoms with E-state index in [0.717, 1.165) is 16.5 Å². The first kappa shape index (κ1) is 15.0. The molecule has 2 aromatic heterocycles. The molecule has 1 aliphatic rings. The molecule has 4 rings (SSSR count). The summed E-state index contributed by atoms with van der Waals surface area (Å²) in [4.78, 5) is 27.5. The molecule has 24 heavy (non-hydrogen) atoms. The van der Waals surface area contributed by atoms with Crippen molar-refractivity contribution in [1.29, 1.82) is 0 Å². The lowest BCUT2D eigenvalue weighted by Crippen LogP contribution is -2.23. The molecule has 0 spiro atoms. The number of carbonyl (C=O) groups is 1. The summed E-state index contributed by atoms with van der Waals surface area (Å²) in [6.07, 6.45) is 5.36. The highest BCUT2D eigenvalue weighted by Crippen LogP contribution is 2.33. The van der Waals surface area contributed by atoms with Crippen LogP contribution >= 0.6 is 23.1 Å². The number of aromatic nitrogens is 2. The highest BCUT2D eigenvalue weighted by Gasteiger charge is 2.30. The van der Waals surface area contributed by atoms with Gasteiger partial charge in [-0.2, -0.15) is 4.99 Å². The molecule has 0 N–H and O–H groups in total. The Hall–Kier alpha value is -2.51. The van der Waals surface area contributed by atoms with Gasteiger partial charge in [-0.15, -0.1) is 11.3 Å². The third-order valence-electron chi connectivity index (χ3n) is 3.54. The fraction of sp³-hybridized carbons (Fsp3) is 0.0588. The van der Waals surface area contributed by atoms with Crippen molar-refractivity contribution in [3.8, 4) is 0 Å². The molecule has 118 valence electrons. The van der Waals surface area contributed by atoms with Gasteiger partial charge < -0.3 is 0 Å². The van der Waals surface area contributed by atoms with Crippen molar-refractivity contribution >= 4 is 56.3 Å². The molecule has 0 radical (unpaired) electrons. The molecule has 0 saturated carbocycles. The monoisotopic (exact) mass is 352 g/mol. The lowest BCUT2D eigenvalue weighted by molar-refractivity contribution is -0.121. The normalized spacial score (nSPS) is 18.2. The van der Waals surface area contributed by atoms with E-state index in [1.54, 1.807) is 24.3 Å². The first-order valence-corrected chi connectivity index (χ1v) is 8.91. The third-order valence-corrected chi connectivity index (χ3v) is 5.26. The summed E-state index contributed by atoms with van der Waals surface area (Å²) >= 11 is 2.81. The molecule has 5 nitrogen and oxygen atoms in total. The zero-order valence-electron chi connectivity index (χ0n) is 12.7. The Labute approximate surface area is 146 Å². The predicted octanol–water partition coefficient (Wildman–Crippen LogP) is 3.93. The van der Waals surface area contributed by atoms with Crippen molar-refractivity contribution in [2.45, 2.75) is 0 Å². The quantitative estimate of drug-likeness (QED) is 0.656. The van der Waals surface area contributed by atoms with Crippen molar-refractivity contribution in [2.75, 3.05) is 7.05 Å². The fourth-order valence-corrected chi connectivity index (χ4v) is 3.87. The number of thiazole rings is 1. The summed E-state index contributed by atoms with van der Waals surface area (Å²) in [6.45, 7) is 0. The van der Waals surface area contributed by atoms with E-state index in [9.17, 15) is 4.79 Å². The molecule has 0 unspecified atom stereocenters. The number of likely N-dealkylation sites (N-methyl/N-ethyl adjacent to an activating group) is 1. The zero-order valence-corrected chi connectivity index (χ0v) is 14.3. The standard InChI is InChI=1S/C17H12N4OS2/c1-21-15(22)14(24-17(21)20-16-19-7-8-23-16)10-11-4-5-13-12(9-11)3-2-6-18-13/h2-10H,1H3. The maximum atomic E-state index is 12.4. The van der Waals surface area contributed by atoms with Gasteiger partial charge in [-0.05, 0) is 41.6 Å². The second kappa shape index (κ2) is 6.18. The molecule has 1 fully saturated rings. The van der Waals surface area contributed by atoms with Crippen LogP contribution in [0.5, 0.6) is 0 Å². The van der Waals surface area contributed by atoms with Gasteiger partial charge in [0.15, 0.2) is 5.17 Å². The van der Waals surface area contributed by atoms with Gasteiger partial charge in [-0.3, -0.25) is 14.7 Å². The number of hydrogen-bond donors (Lipinski definition) is 0. The molecule has 3 heterocycles. The Balaban J connectivity index is 1.67. The van der Waals surface area contributed by atoms with Gasteiger partial charge >= 0.3 is 0 Å². The topological polar surface area (TPSA) is 58.5 Å². The highest BCUT2D eigenvalue weighted by molar-refractivity contribution is 8.18. The Bertz CT molecular complexity index is 979. The van der Waals surface area contributed by atoms with Crippen LogP contribution in [0.25, 0.3) is 17.0 Å². The molecule has 1 aromatic carbocycles. The van der Waals surface area contributed by atoms with Crippen molar-refractivity contribution in [2.24, 2.45) is 4.99 Å². The first-order valence-electron chi connectivity index (χ1n) is 7.21. The minimum absolute atomic E-state index is 0.0541. The number of amides is 1. The fourth-order valence-electron chi connectivity index (χ4n) is 2.34. The Morgan fingerprint density at radius 1 is 1.21 bits per heavy atom. The maximum Gasteiger partial charge on any atom is 0.266 e. The van der Waals surface area contributed by atoms with Crippen molar-refractivity contribution in [3.05, 3.63) is 58.6 Å². The van der Waals surface area contributed by atoms with Crippen LogP contribution in [-0.4, -0.2) is 33.0 Å². The molecule has 7 heteroatoms. The Morgan fingerprint density at radius 2 is 2.12 bits per heavy atom. The van der Waals surface area contributed by atoms with E-state index >= 15 is 0 Å². The lowest BCUT2D eigenvalue weighted by Gasteiger charge is -2.05. The summed E-state index contributed by atoms with van der Waals surface area (Å²) in [6, 6.07) is 9.86. The van der Waals surface area contributed by atoms with Gasteiger partial charge in [0.05, 0.1) is 10.4 Å². The molecule has 1 saturated heterocycles. The number of carbonyl (C=O) groups excluding carboxylic acids is 1. The van der Waals surface area contributed by atoms with Crippen LogP contribution in [0.4, 0.5) is 5.13 Å². The minimum Gasteiger partial charge on any atom is -0.289 e. The Morgan fingerprint density at radius 3 is 2.96 bits per heavy atom. The maximum absolute atomic E-state index is 12.4. The second-order valence-corrected chi connectivity index (χ2v) is 7.02. The molecule has 0 bridgehead atoms. The van der Waals surface area contributed by atoms with Gasteiger partial charge in [0.25, 0.3) is 5.91 Å². The van der Waals surface area contributed by atoms with Crippen molar-refractivity contribution in [3.63, 3.8) is 0 Å². The van der Waals surface area contributed by atoms with Gasteiger partial charge in [-0.1, -0.05) is 12.1 Å². The van der Waals surface area contributed by atoms with Crippen LogP contribution in [0.15, 0.2) is 58.0 Å². The van der Waals surface area contributed by atoms with Crippen LogP contribution in [0.2, 0.25) is 0 Å². The van der Waals surface area contributed by atoms with E-state index in [-0.39, 0.29) is 5.91 Å². The minimum atomic E-state index is -0.0541. The number of pyridine rings is 1. The van der Waals surface area contributed by atoms with Crippen LogP contribution in [-0.2, 0) is 4.79 Å². The summed E-state index contributed by atoms with van der Waals surface area (Å²) in [5.41, 5.74) is 1.91. The smallest absolute Gasteiger partial charge is 0.266 e. The third kappa shape index (κ3) is 2.83. The summed E-state index contributed by atoms with van der Waals surface area (Å²) in [5, 5.41) is 4.20. The van der Waals surface area contributed by atoms with Crippen LogP contribution in [0, 0.1) is 0 Å². The molecule has 1 aliphatic heterocycles. The molecular formula is C17H12N4OS2. The number of amidine groups is 1. The van der Waals surface area contributed by atoms with Gasteiger partial charge in [-0.25, -0.2) is 4.98 Å². The van der Waals surface area contributed by atoms with E-state index in [1.165, 1.54) is 23.1 Å². The molecule has 1 amide bonds. The van der Waals surface area contributed by atoms with Crippen LogP contribution in [0.3, 0.4) is 0 Å². The number of rotatable bonds is 2. The molecular weight excluding hydrogens is 340 g/mol. The average molecular weight is 352 g/mol. The van der Waals surface area contributed by atoms with E-state index in [1.807, 2.05) is 41.8 Å². The number of hydrogen-bond acceptors (Lipinski definition) is 6. The van der Waals surface area contributed by atoms with Gasteiger partial charge in [0.2, 0.25) is 5.13 Å². The SMILES string of the molecule is CN1C(=O)C(=Cc2ccc3ncccc3c2)SC1=Nc1nccs1. The zero-order chi connectivity index (χ0) is 16.5. The first-order chi connectivity index (χ1) is 11.7. The van der Waals surface area contributed by atoms with E-state index in [4.69, 9.17) is 0 Å². The van der Waals surface area contributed by atoms with E-state index < -0.39 is 0 Å². The molecule has 0 aliphatic carbocycles. The highest BCUT2D eigenvalue weighted by atomic mass is 32.2. The van der Waals surface area contributed by atoms with Gasteiger partial charge in [0, 0.05) is 30.2 Å². The van der Waals surface area contributed by atoms with Gasteiger partial charge in [0.1, 0.15) is 0 Å². The van der Waals surface area contributed by atoms with Crippen LogP contribution < -0.4 is 0 Å². The number of fused-ring (bicyclic) bond motifs is 1. The van der Waals surface area contributed by atoms with E-state index in [2.05, 4.69) is 15.0 Å². The van der Waals surface area contributed by atoms with Crippen LogP contribution in [0.1, 0.15) is 5.56 Å². The molecule has 3 aromatic rings. The number of nitrogens with zero attached hydrogens (tertiary/aromatic N) is 4. The number of benzene rings is 1. The second-order valence-electron chi connectivity index (χ2n) is 5.14. The molecule has 0 atom stereocenters. The summed E-state index contributed by atoms with van der Waals surface area (Å²) in [5.74, 6) is -0.0541. The van der Waals surface area contributed by atoms with E-state index in [0.29, 0.717) is 15.2 Å². The predicted molar refractivity (Wildman–Crippen MR) is 99.3 cm³/mol. The summed E-state index contributed by atoms with van der Waals surface area (Å²) < 4.78 is 0. The van der Waals surface area contributed by atoms with Crippen molar-refractivity contribution < 1.29 is 4.79 Å². The Kier molecular flexibility index (Phi) is 3.87. The average Bonchev–Trinajstić information content (AvgIpc) is 3.20. The summed E-state index contributed by atoms with van der Waals surface area (Å²) in [7, 11) is 1.73. The number of aliphatic imine (C=N–C) groups is 1. The lowest BCUT2D eigenvalue weighted by atomic mass is 10.1. The number of thioether (sulfide) groups is 1. The largest absolute Gasteiger partial charge is 0.289 e. The van der Waals surface area contributed by atoms with Crippen molar-refractivity contribution in [1.82, 2.24) is 14.9 Å².